The molecule has 18 heavy (non-hydrogen) atoms. The van der Waals surface area contributed by atoms with E-state index in [2.05, 4.69) is 42.1 Å². The van der Waals surface area contributed by atoms with Crippen molar-refractivity contribution < 1.29 is 9.53 Å². The Kier molecular flexibility index (Phi) is 5.04. The van der Waals surface area contributed by atoms with Crippen molar-refractivity contribution in [3.8, 4) is 0 Å². The maximum absolute atomic E-state index is 11.4. The number of hydrogen-bond donors (Lipinski definition) is 0. The summed E-state index contributed by atoms with van der Waals surface area (Å²) >= 11 is 6.75. The molecule has 0 fully saturated rings. The number of ether oxygens (including phenoxy) is 1. The molecule has 0 heterocycles. The van der Waals surface area contributed by atoms with Crippen molar-refractivity contribution in [3.63, 3.8) is 0 Å². The van der Waals surface area contributed by atoms with Crippen molar-refractivity contribution in [2.24, 2.45) is 10.2 Å². The highest BCUT2D eigenvalue weighted by Gasteiger charge is 2.16. The number of azo groups is 1. The number of rotatable bonds is 1. The first-order valence-electron chi connectivity index (χ1n) is 5.29. The van der Waals surface area contributed by atoms with Crippen LogP contribution in [-0.4, -0.2) is 11.7 Å². The van der Waals surface area contributed by atoms with E-state index in [0.29, 0.717) is 5.69 Å². The van der Waals surface area contributed by atoms with E-state index in [1.165, 1.54) is 0 Å². The van der Waals surface area contributed by atoms with E-state index in [1.807, 2.05) is 19.1 Å². The fourth-order valence-electron chi connectivity index (χ4n) is 1.16. The topological polar surface area (TPSA) is 51.0 Å². The molecule has 0 aromatic heterocycles. The molecule has 1 aromatic carbocycles. The normalized spacial score (nSPS) is 11.9. The molecule has 0 aliphatic carbocycles. The molecule has 0 spiro atoms. The molecule has 0 radical (unpaired) electrons. The molecule has 0 atom stereocenters. The number of aryl methyl sites for hydroxylation is 1. The van der Waals surface area contributed by atoms with Gasteiger partial charge < -0.3 is 4.74 Å². The zero-order chi connectivity index (χ0) is 13.9. The molecule has 4 nitrogen and oxygen atoms in total. The largest absolute Gasteiger partial charge is 0.452 e. The van der Waals surface area contributed by atoms with Gasteiger partial charge in [-0.1, -0.05) is 5.11 Å². The van der Waals surface area contributed by atoms with Crippen LogP contribution >= 0.6 is 31.9 Å². The van der Waals surface area contributed by atoms with Crippen molar-refractivity contribution >= 4 is 43.6 Å². The van der Waals surface area contributed by atoms with Crippen molar-refractivity contribution in [3.05, 3.63) is 26.6 Å². The smallest absolute Gasteiger partial charge is 0.441 e. The second-order valence-corrected chi connectivity index (χ2v) is 6.47. The van der Waals surface area contributed by atoms with Crippen LogP contribution in [0.25, 0.3) is 0 Å². The van der Waals surface area contributed by atoms with Gasteiger partial charge >= 0.3 is 6.09 Å². The van der Waals surface area contributed by atoms with Gasteiger partial charge in [0.2, 0.25) is 0 Å². The molecular formula is C12H14Br2N2O2. The minimum atomic E-state index is -0.707. The summed E-state index contributed by atoms with van der Waals surface area (Å²) < 4.78 is 6.56. The molecule has 0 N–H and O–H groups in total. The lowest BCUT2D eigenvalue weighted by Gasteiger charge is -2.16. The highest BCUT2D eigenvalue weighted by Crippen LogP contribution is 2.35. The molecule has 0 bridgehead atoms. The van der Waals surface area contributed by atoms with Gasteiger partial charge in [0.25, 0.3) is 0 Å². The number of hydrogen-bond acceptors (Lipinski definition) is 3. The first kappa shape index (κ1) is 15.3. The van der Waals surface area contributed by atoms with Gasteiger partial charge in [-0.2, -0.15) is 0 Å². The van der Waals surface area contributed by atoms with Crippen molar-refractivity contribution in [2.75, 3.05) is 0 Å². The van der Waals surface area contributed by atoms with Gasteiger partial charge in [0.05, 0.1) is 0 Å². The van der Waals surface area contributed by atoms with Crippen molar-refractivity contribution in [2.45, 2.75) is 33.3 Å². The number of carbonyl (C=O) groups excluding carboxylic acids is 1. The first-order valence-corrected chi connectivity index (χ1v) is 6.88. The van der Waals surface area contributed by atoms with Gasteiger partial charge in [0, 0.05) is 8.95 Å². The Labute approximate surface area is 123 Å². The van der Waals surface area contributed by atoms with Gasteiger partial charge in [0.15, 0.2) is 0 Å². The maximum atomic E-state index is 11.4. The second kappa shape index (κ2) is 5.93. The molecule has 1 amide bonds. The minimum absolute atomic E-state index is 0.562. The Hall–Kier alpha value is -0.750. The lowest BCUT2D eigenvalue weighted by molar-refractivity contribution is 0.0592. The Morgan fingerprint density at radius 3 is 2.17 bits per heavy atom. The lowest BCUT2D eigenvalue weighted by Crippen LogP contribution is -2.21. The zero-order valence-corrected chi connectivity index (χ0v) is 13.8. The highest BCUT2D eigenvalue weighted by atomic mass is 79.9. The molecular weight excluding hydrogens is 364 g/mol. The third kappa shape index (κ3) is 4.86. The predicted molar refractivity (Wildman–Crippen MR) is 77.3 cm³/mol. The Balaban J connectivity index is 2.89. The first-order chi connectivity index (χ1) is 8.19. The van der Waals surface area contributed by atoms with Crippen LogP contribution < -0.4 is 0 Å². The van der Waals surface area contributed by atoms with Gasteiger partial charge in [-0.25, -0.2) is 4.79 Å². The minimum Gasteiger partial charge on any atom is -0.441 e. The molecule has 0 saturated heterocycles. The number of carbonyl (C=O) groups is 1. The predicted octanol–water partition coefficient (Wildman–Crippen LogP) is 5.54. The van der Waals surface area contributed by atoms with E-state index >= 15 is 0 Å². The lowest BCUT2D eigenvalue weighted by atomic mass is 10.2. The van der Waals surface area contributed by atoms with E-state index in [9.17, 15) is 4.79 Å². The van der Waals surface area contributed by atoms with Crippen LogP contribution in [0.15, 0.2) is 31.3 Å². The van der Waals surface area contributed by atoms with Gasteiger partial charge in [-0.05, 0) is 77.3 Å². The average molecular weight is 378 g/mol. The van der Waals surface area contributed by atoms with E-state index in [0.717, 1.165) is 14.5 Å². The molecule has 0 aliphatic heterocycles. The van der Waals surface area contributed by atoms with E-state index < -0.39 is 11.7 Å². The SMILES string of the molecule is Cc1cc(Br)c(N=NC(=O)OC(C)(C)C)c(Br)c1. The Morgan fingerprint density at radius 2 is 1.72 bits per heavy atom. The molecule has 0 unspecified atom stereocenters. The summed E-state index contributed by atoms with van der Waals surface area (Å²) in [6.07, 6.45) is -0.707. The summed E-state index contributed by atoms with van der Waals surface area (Å²) in [4.78, 5) is 11.4. The van der Waals surface area contributed by atoms with Crippen LogP contribution in [0, 0.1) is 6.92 Å². The van der Waals surface area contributed by atoms with Crippen LogP contribution in [0.1, 0.15) is 26.3 Å². The quantitative estimate of drug-likeness (QED) is 0.603. The summed E-state index contributed by atoms with van der Waals surface area (Å²) in [5.74, 6) is 0. The summed E-state index contributed by atoms with van der Waals surface area (Å²) in [6.45, 7) is 7.29. The number of nitrogens with zero attached hydrogens (tertiary/aromatic N) is 2. The number of amides is 1. The average Bonchev–Trinajstić information content (AvgIpc) is 2.12. The van der Waals surface area contributed by atoms with E-state index in [-0.39, 0.29) is 0 Å². The summed E-state index contributed by atoms with van der Waals surface area (Å²) in [5.41, 5.74) is 1.06. The molecule has 6 heteroatoms. The van der Waals surface area contributed by atoms with Crippen LogP contribution in [0.4, 0.5) is 10.5 Å². The fourth-order valence-corrected chi connectivity index (χ4v) is 2.73. The Bertz CT molecular complexity index is 470. The molecule has 0 saturated carbocycles. The molecule has 98 valence electrons. The monoisotopic (exact) mass is 376 g/mol. The van der Waals surface area contributed by atoms with E-state index in [4.69, 9.17) is 4.74 Å². The third-order valence-electron chi connectivity index (χ3n) is 1.79. The number of benzene rings is 1. The van der Waals surface area contributed by atoms with Gasteiger partial charge in [0.1, 0.15) is 11.3 Å². The highest BCUT2D eigenvalue weighted by molar-refractivity contribution is 9.11. The van der Waals surface area contributed by atoms with Crippen molar-refractivity contribution in [1.82, 2.24) is 0 Å². The molecule has 0 aliphatic rings. The molecule has 1 rings (SSSR count). The Morgan fingerprint density at radius 1 is 1.22 bits per heavy atom. The standard InChI is InChI=1S/C12H14Br2N2O2/c1-7-5-8(13)10(9(14)6-7)15-16-11(17)18-12(2,3)4/h5-6H,1-4H3. The van der Waals surface area contributed by atoms with Crippen LogP contribution in [-0.2, 0) is 4.74 Å². The maximum Gasteiger partial charge on any atom is 0.452 e. The summed E-state index contributed by atoms with van der Waals surface area (Å²) in [5, 5.41) is 7.42. The zero-order valence-electron chi connectivity index (χ0n) is 10.6. The van der Waals surface area contributed by atoms with Crippen LogP contribution in [0.3, 0.4) is 0 Å². The van der Waals surface area contributed by atoms with Gasteiger partial charge in [-0.3, -0.25) is 0 Å². The fraction of sp³-hybridized carbons (Fsp3) is 0.417. The van der Waals surface area contributed by atoms with Crippen LogP contribution in [0.2, 0.25) is 0 Å². The summed E-state index contributed by atoms with van der Waals surface area (Å²) in [6, 6.07) is 3.79. The summed E-state index contributed by atoms with van der Waals surface area (Å²) in [7, 11) is 0. The van der Waals surface area contributed by atoms with Crippen molar-refractivity contribution in [1.29, 1.82) is 0 Å². The van der Waals surface area contributed by atoms with E-state index in [1.54, 1.807) is 20.8 Å². The number of halogens is 2. The third-order valence-corrected chi connectivity index (χ3v) is 3.00. The molecule has 1 aromatic rings. The van der Waals surface area contributed by atoms with Crippen LogP contribution in [0.5, 0.6) is 0 Å². The van der Waals surface area contributed by atoms with Gasteiger partial charge in [-0.15, -0.1) is 5.11 Å². The second-order valence-electron chi connectivity index (χ2n) is 4.76.